The van der Waals surface area contributed by atoms with Crippen LogP contribution in [0.15, 0.2) is 30.3 Å². The number of methoxy groups -OCH3 is 1. The van der Waals surface area contributed by atoms with Gasteiger partial charge < -0.3 is 24.0 Å². The molecule has 1 aromatic heterocycles. The number of imidazole rings is 1. The maximum Gasteiger partial charge on any atom is 0.534 e. The maximum absolute atomic E-state index is 12.9. The number of likely N-dealkylation sites (tertiary alicyclic amines) is 1. The molecule has 3 aromatic rings. The van der Waals surface area contributed by atoms with E-state index in [4.69, 9.17) is 4.98 Å². The molecule has 3 aliphatic rings. The van der Waals surface area contributed by atoms with E-state index >= 15 is 0 Å². The highest BCUT2D eigenvalue weighted by Gasteiger charge is 2.50. The molecule has 0 bridgehead atoms. The molecule has 46 heavy (non-hydrogen) atoms. The first-order chi connectivity index (χ1) is 21.2. The quantitative estimate of drug-likeness (QED) is 0.177. The topological polar surface area (TPSA) is 131 Å². The van der Waals surface area contributed by atoms with E-state index in [9.17, 15) is 31.2 Å². The molecule has 2 aliphatic carbocycles. The highest BCUT2D eigenvalue weighted by molar-refractivity contribution is 7.88. The summed E-state index contributed by atoms with van der Waals surface area (Å²) >= 11 is 0. The molecule has 0 radical (unpaired) electrons. The summed E-state index contributed by atoms with van der Waals surface area (Å²) < 4.78 is 71.1. The Hall–Kier alpha value is -3.30. The standard InChI is InChI=1S/C24H24F3N3O3S.C7H13NO3.H2S/c1-30-10-2-3-20(30)23-28-18-8-5-14(12-19(18)29-23)16-7-9-21(33-34(31,32)24(25,26)27)17-11-13-4-6-15(13)22(16)17;1-5(2)6(4-9)8-7(10)11-3;/h5,7-9,12-13,15,20H,2-4,6,10-11H2,1H3,(H,28,29);4-6H,1-3H3,(H,8,10);1H2. The lowest BCUT2D eigenvalue weighted by Gasteiger charge is -2.31. The molecule has 0 spiro atoms. The van der Waals surface area contributed by atoms with E-state index in [0.29, 0.717) is 24.2 Å². The van der Waals surface area contributed by atoms with Crippen LogP contribution in [0, 0.1) is 11.8 Å². The lowest BCUT2D eigenvalue weighted by molar-refractivity contribution is -0.110. The van der Waals surface area contributed by atoms with E-state index in [1.165, 1.54) is 13.2 Å². The number of rotatable bonds is 7. The van der Waals surface area contributed by atoms with Crippen LogP contribution in [0.4, 0.5) is 18.0 Å². The lowest BCUT2D eigenvalue weighted by atomic mass is 9.73. The number of alkyl carbamates (subject to hydrolysis) is 1. The SMILES string of the molecule is CN1CCCC1c1nc2ccc(-c3ccc(OS(=O)(=O)C(F)(F)F)c4c3C3CCC3C4)cc2[nH]1.COC(=O)NC(C=O)C(C)C.S. The number of aromatic amines is 1. The summed E-state index contributed by atoms with van der Waals surface area (Å²) in [5, 5.41) is 2.39. The number of carbonyl (C=O) groups excluding carboxylic acids is 2. The minimum atomic E-state index is -5.72. The molecule has 2 N–H and O–H groups in total. The number of aldehydes is 1. The first-order valence-corrected chi connectivity index (χ1v) is 16.3. The van der Waals surface area contributed by atoms with Gasteiger partial charge in [0.2, 0.25) is 0 Å². The third kappa shape index (κ3) is 7.00. The van der Waals surface area contributed by atoms with Crippen LogP contribution in [0.25, 0.3) is 22.2 Å². The third-order valence-electron chi connectivity index (χ3n) is 9.03. The minimum absolute atomic E-state index is 0. The Balaban J connectivity index is 0.000000346. The Bertz CT molecular complexity index is 1700. The molecule has 2 aromatic carbocycles. The zero-order chi connectivity index (χ0) is 32.7. The van der Waals surface area contributed by atoms with Gasteiger partial charge >= 0.3 is 21.7 Å². The van der Waals surface area contributed by atoms with Gasteiger partial charge in [0, 0.05) is 5.56 Å². The highest BCUT2D eigenvalue weighted by atomic mass is 32.2. The van der Waals surface area contributed by atoms with Crippen LogP contribution in [0.3, 0.4) is 0 Å². The molecular weight excluding hydrogens is 645 g/mol. The molecule has 252 valence electrons. The van der Waals surface area contributed by atoms with Crippen LogP contribution < -0.4 is 9.50 Å². The summed E-state index contributed by atoms with van der Waals surface area (Å²) in [6.45, 7) is 4.73. The van der Waals surface area contributed by atoms with Gasteiger partial charge in [-0.2, -0.15) is 35.1 Å². The lowest BCUT2D eigenvalue weighted by Crippen LogP contribution is -2.39. The summed E-state index contributed by atoms with van der Waals surface area (Å²) in [4.78, 5) is 31.4. The molecule has 1 saturated carbocycles. The monoisotopic (exact) mass is 684 g/mol. The number of carbonyl (C=O) groups is 2. The number of aromatic nitrogens is 2. The van der Waals surface area contributed by atoms with Crippen LogP contribution >= 0.6 is 13.5 Å². The van der Waals surface area contributed by atoms with Gasteiger partial charge in [-0.15, -0.1) is 0 Å². The summed E-state index contributed by atoms with van der Waals surface area (Å²) in [6.07, 6.45) is 4.75. The van der Waals surface area contributed by atoms with E-state index in [1.54, 1.807) is 6.07 Å². The van der Waals surface area contributed by atoms with Crippen molar-refractivity contribution in [3.05, 3.63) is 47.3 Å². The van der Waals surface area contributed by atoms with Gasteiger partial charge in [-0.25, -0.2) is 9.78 Å². The normalized spacial score (nSPS) is 21.3. The largest absolute Gasteiger partial charge is 0.534 e. The number of hydrogen-bond acceptors (Lipinski definition) is 8. The van der Waals surface area contributed by atoms with Gasteiger partial charge in [0.25, 0.3) is 0 Å². The molecule has 2 heterocycles. The molecule has 1 aliphatic heterocycles. The van der Waals surface area contributed by atoms with Crippen molar-refractivity contribution in [1.29, 1.82) is 0 Å². The fourth-order valence-corrected chi connectivity index (χ4v) is 6.88. The molecular formula is C31H39F3N4O6S2. The second-order valence-electron chi connectivity index (χ2n) is 12.2. The number of nitrogens with one attached hydrogen (secondary N) is 2. The van der Waals surface area contributed by atoms with E-state index < -0.39 is 27.8 Å². The molecule has 1 amide bonds. The summed E-state index contributed by atoms with van der Waals surface area (Å²) in [6, 6.07) is 8.81. The summed E-state index contributed by atoms with van der Waals surface area (Å²) in [7, 11) is -2.36. The first-order valence-electron chi connectivity index (χ1n) is 14.9. The zero-order valence-corrected chi connectivity index (χ0v) is 27.8. The van der Waals surface area contributed by atoms with Crippen molar-refractivity contribution in [1.82, 2.24) is 20.2 Å². The van der Waals surface area contributed by atoms with E-state index in [-0.39, 0.29) is 37.1 Å². The van der Waals surface area contributed by atoms with Crippen LogP contribution in [0.1, 0.15) is 68.4 Å². The smallest absolute Gasteiger partial charge is 0.453 e. The number of hydrogen-bond donors (Lipinski definition) is 2. The number of alkyl halides is 3. The summed E-state index contributed by atoms with van der Waals surface area (Å²) in [5.41, 5.74) is -0.353. The van der Waals surface area contributed by atoms with E-state index in [1.807, 2.05) is 32.0 Å². The molecule has 2 fully saturated rings. The number of halogens is 3. The van der Waals surface area contributed by atoms with E-state index in [2.05, 4.69) is 31.2 Å². The summed E-state index contributed by atoms with van der Waals surface area (Å²) in [5.74, 6) is 1.35. The predicted octanol–water partition coefficient (Wildman–Crippen LogP) is 5.95. The molecule has 1 saturated heterocycles. The average molecular weight is 685 g/mol. The van der Waals surface area contributed by atoms with Crippen LogP contribution in [-0.2, 0) is 26.1 Å². The second kappa shape index (κ2) is 13.8. The number of nitrogens with zero attached hydrogens (tertiary/aromatic N) is 2. The molecule has 4 unspecified atom stereocenters. The Morgan fingerprint density at radius 1 is 1.17 bits per heavy atom. The van der Waals surface area contributed by atoms with Crippen LogP contribution in [0.2, 0.25) is 0 Å². The average Bonchev–Trinajstić information content (AvgIpc) is 3.65. The number of H-pyrrole nitrogens is 1. The number of amides is 1. The van der Waals surface area contributed by atoms with Gasteiger partial charge in [-0.05, 0) is 98.3 Å². The number of benzene rings is 2. The Kier molecular flexibility index (Phi) is 10.7. The van der Waals surface area contributed by atoms with Gasteiger partial charge in [-0.1, -0.05) is 26.0 Å². The van der Waals surface area contributed by atoms with Gasteiger partial charge in [0.15, 0.2) is 0 Å². The van der Waals surface area contributed by atoms with Crippen molar-refractivity contribution in [3.8, 4) is 16.9 Å². The number of ether oxygens (including phenoxy) is 1. The Morgan fingerprint density at radius 2 is 1.91 bits per heavy atom. The van der Waals surface area contributed by atoms with Crippen molar-refractivity contribution >= 4 is 47.0 Å². The molecule has 6 rings (SSSR count). The van der Waals surface area contributed by atoms with Crippen LogP contribution in [-0.4, -0.2) is 67.9 Å². The van der Waals surface area contributed by atoms with Crippen molar-refractivity contribution in [2.24, 2.45) is 11.8 Å². The maximum atomic E-state index is 12.9. The molecule has 10 nitrogen and oxygen atoms in total. The highest BCUT2D eigenvalue weighted by Crippen LogP contribution is 2.56. The third-order valence-corrected chi connectivity index (χ3v) is 10.00. The van der Waals surface area contributed by atoms with Crippen molar-refractivity contribution in [2.75, 3.05) is 20.7 Å². The van der Waals surface area contributed by atoms with Crippen molar-refractivity contribution in [3.63, 3.8) is 0 Å². The zero-order valence-electron chi connectivity index (χ0n) is 26.0. The fourth-order valence-electron chi connectivity index (χ4n) is 6.39. The Morgan fingerprint density at radius 3 is 2.48 bits per heavy atom. The first kappa shape index (κ1) is 35.6. The van der Waals surface area contributed by atoms with Crippen molar-refractivity contribution in [2.45, 2.75) is 69.5 Å². The Labute approximate surface area is 273 Å². The van der Waals surface area contributed by atoms with Gasteiger partial charge in [0.1, 0.15) is 17.9 Å². The molecule has 4 atom stereocenters. The van der Waals surface area contributed by atoms with Crippen LogP contribution in [0.5, 0.6) is 5.75 Å². The van der Waals surface area contributed by atoms with E-state index in [0.717, 1.165) is 65.8 Å². The van der Waals surface area contributed by atoms with Gasteiger partial charge in [-0.3, -0.25) is 4.90 Å². The second-order valence-corrected chi connectivity index (χ2v) is 13.7. The number of fused-ring (bicyclic) bond motifs is 4. The predicted molar refractivity (Wildman–Crippen MR) is 172 cm³/mol. The minimum Gasteiger partial charge on any atom is -0.453 e. The molecule has 15 heteroatoms. The fraction of sp³-hybridized carbons (Fsp3) is 0.516. The van der Waals surface area contributed by atoms with Gasteiger partial charge in [0.05, 0.1) is 30.2 Å². The van der Waals surface area contributed by atoms with Crippen molar-refractivity contribution < 1.29 is 40.1 Å².